The van der Waals surface area contributed by atoms with Crippen LogP contribution in [0.4, 0.5) is 17.1 Å². The van der Waals surface area contributed by atoms with E-state index in [0.717, 1.165) is 77.8 Å². The normalized spacial score (nSPS) is 12.4. The van der Waals surface area contributed by atoms with E-state index in [1.807, 2.05) is 31.4 Å². The summed E-state index contributed by atoms with van der Waals surface area (Å²) in [5, 5.41) is 22.5. The van der Waals surface area contributed by atoms with Crippen LogP contribution in [-0.4, -0.2) is 34.2 Å². The van der Waals surface area contributed by atoms with Gasteiger partial charge in [-0.2, -0.15) is 0 Å². The molecule has 11 heteroatoms. The van der Waals surface area contributed by atoms with Gasteiger partial charge in [-0.05, 0) is 65.2 Å². The zero-order valence-corrected chi connectivity index (χ0v) is 30.7. The number of unbranched alkanes of at least 4 members (excludes halogenated alkanes) is 1. The first-order chi connectivity index (χ1) is 24.0. The number of nitrogens with two attached hydrogens (primary N) is 2. The predicted octanol–water partition coefficient (Wildman–Crippen LogP) is 8.62. The van der Waals surface area contributed by atoms with E-state index in [1.54, 1.807) is 11.3 Å². The summed E-state index contributed by atoms with van der Waals surface area (Å²) >= 11 is 3.11. The van der Waals surface area contributed by atoms with Crippen LogP contribution in [0.3, 0.4) is 0 Å². The number of amides is 1. The van der Waals surface area contributed by atoms with Crippen LogP contribution in [0, 0.1) is 11.8 Å². The fraction of sp³-hybridized carbons (Fsp3) is 0.333. The van der Waals surface area contributed by atoms with E-state index in [9.17, 15) is 9.59 Å². The first kappa shape index (κ1) is 35.4. The van der Waals surface area contributed by atoms with Crippen LogP contribution in [-0.2, 0) is 17.9 Å². The van der Waals surface area contributed by atoms with Crippen LogP contribution in [0.2, 0.25) is 0 Å². The van der Waals surface area contributed by atoms with E-state index >= 15 is 0 Å². The monoisotopic (exact) mass is 707 g/mol. The van der Waals surface area contributed by atoms with Gasteiger partial charge in [0.15, 0.2) is 5.78 Å². The number of benzene rings is 4. The molecule has 0 fully saturated rings. The van der Waals surface area contributed by atoms with Crippen LogP contribution >= 0.6 is 22.7 Å². The van der Waals surface area contributed by atoms with Crippen molar-refractivity contribution in [2.45, 2.75) is 66.1 Å². The SMILES string of the molecule is C=C(c1csc(CNc2cc(NCc3nc(C(=O)C(C)C)cs3)c3ccc4cc(NC(=O)[C@@H](N)CCCCN)cc5ccc2c3c54)n1)C(C)C. The van der Waals surface area contributed by atoms with E-state index in [-0.39, 0.29) is 17.6 Å². The Balaban J connectivity index is 1.36. The molecule has 2 heterocycles. The average molecular weight is 708 g/mol. The molecule has 0 spiro atoms. The molecular formula is C39H45N7O2S2. The van der Waals surface area contributed by atoms with Gasteiger partial charge < -0.3 is 27.4 Å². The van der Waals surface area contributed by atoms with Crippen molar-refractivity contribution < 1.29 is 9.59 Å². The lowest BCUT2D eigenvalue weighted by atomic mass is 9.92. The number of carbonyl (C=O) groups excluding carboxylic acids is 2. The maximum atomic E-state index is 12.9. The molecule has 7 N–H and O–H groups in total. The highest BCUT2D eigenvalue weighted by atomic mass is 32.1. The van der Waals surface area contributed by atoms with Gasteiger partial charge in [-0.1, -0.05) is 65.0 Å². The molecule has 0 saturated carbocycles. The first-order valence-corrected chi connectivity index (χ1v) is 18.9. The number of nitrogens with one attached hydrogen (secondary N) is 3. The largest absolute Gasteiger partial charge is 0.378 e. The van der Waals surface area contributed by atoms with E-state index in [4.69, 9.17) is 16.5 Å². The first-order valence-electron chi connectivity index (χ1n) is 17.2. The second-order valence-electron chi connectivity index (χ2n) is 13.4. The molecule has 0 radical (unpaired) electrons. The fourth-order valence-electron chi connectivity index (χ4n) is 6.13. The van der Waals surface area contributed by atoms with Gasteiger partial charge in [0.1, 0.15) is 15.7 Å². The van der Waals surface area contributed by atoms with Crippen molar-refractivity contribution >= 4 is 89.3 Å². The van der Waals surface area contributed by atoms with Crippen LogP contribution in [0.15, 0.2) is 59.8 Å². The number of thiazole rings is 2. The number of anilines is 3. The maximum absolute atomic E-state index is 12.9. The summed E-state index contributed by atoms with van der Waals surface area (Å²) in [6.45, 7) is 13.9. The average Bonchev–Trinajstić information content (AvgIpc) is 3.78. The third kappa shape index (κ3) is 7.51. The number of allylic oxidation sites excluding steroid dienone is 1. The number of hydrogen-bond acceptors (Lipinski definition) is 10. The lowest BCUT2D eigenvalue weighted by Crippen LogP contribution is -2.35. The lowest BCUT2D eigenvalue weighted by molar-refractivity contribution is -0.117. The molecule has 0 aliphatic heterocycles. The number of nitrogens with zero attached hydrogens (tertiary/aromatic N) is 2. The minimum Gasteiger partial charge on any atom is -0.378 e. The van der Waals surface area contributed by atoms with Gasteiger partial charge in [-0.15, -0.1) is 22.7 Å². The minimum absolute atomic E-state index is 0.0492. The molecule has 1 amide bonds. The summed E-state index contributed by atoms with van der Waals surface area (Å²) in [5.41, 5.74) is 16.9. The highest BCUT2D eigenvalue weighted by Crippen LogP contribution is 2.43. The second-order valence-corrected chi connectivity index (χ2v) is 15.3. The van der Waals surface area contributed by atoms with Crippen molar-refractivity contribution in [2.24, 2.45) is 23.3 Å². The summed E-state index contributed by atoms with van der Waals surface area (Å²) in [5.74, 6) is 0.0745. The molecule has 0 bridgehead atoms. The Morgan fingerprint density at radius 2 is 1.38 bits per heavy atom. The molecule has 2 aromatic heterocycles. The highest BCUT2D eigenvalue weighted by molar-refractivity contribution is 7.10. The molecule has 6 rings (SSSR count). The lowest BCUT2D eigenvalue weighted by Gasteiger charge is -2.20. The Kier molecular flexibility index (Phi) is 10.8. The quantitative estimate of drug-likeness (QED) is 0.0382. The van der Waals surface area contributed by atoms with Gasteiger partial charge in [-0.3, -0.25) is 9.59 Å². The Morgan fingerprint density at radius 1 is 0.800 bits per heavy atom. The Morgan fingerprint density at radius 3 is 1.94 bits per heavy atom. The smallest absolute Gasteiger partial charge is 0.241 e. The van der Waals surface area contributed by atoms with Gasteiger partial charge >= 0.3 is 0 Å². The third-order valence-electron chi connectivity index (χ3n) is 9.06. The van der Waals surface area contributed by atoms with Gasteiger partial charge in [0, 0.05) is 49.9 Å². The van der Waals surface area contributed by atoms with Gasteiger partial charge in [-0.25, -0.2) is 9.97 Å². The van der Waals surface area contributed by atoms with E-state index in [2.05, 4.69) is 77.1 Å². The molecule has 0 unspecified atom stereocenters. The van der Waals surface area contributed by atoms with Crippen molar-refractivity contribution in [1.29, 1.82) is 0 Å². The van der Waals surface area contributed by atoms with Crippen LogP contribution in [0.5, 0.6) is 0 Å². The number of ketones is 1. The summed E-state index contributed by atoms with van der Waals surface area (Å²) in [6.07, 6.45) is 2.25. The zero-order valence-electron chi connectivity index (χ0n) is 29.1. The van der Waals surface area contributed by atoms with E-state index < -0.39 is 6.04 Å². The van der Waals surface area contributed by atoms with Crippen molar-refractivity contribution in [3.8, 4) is 0 Å². The standard InChI is InChI=1S/C39H45N7O2S2/c1-21(2)23(5)32-19-49-34(45-32)17-42-30-16-31(43-18-35-46-33(20-50-35)38(47)22(3)4)28-12-10-25-15-26(44-39(48)29(41)8-6-7-13-40)14-24-9-11-27(30)37(28)36(24)25/h9-12,14-16,19-22,29,42-43H,5-8,13,17-18,40-41H2,1-4H3,(H,44,48)/t29-/m0/s1. The predicted molar refractivity (Wildman–Crippen MR) is 212 cm³/mol. The van der Waals surface area contributed by atoms with E-state index in [0.29, 0.717) is 43.4 Å². The van der Waals surface area contributed by atoms with Crippen molar-refractivity contribution in [1.82, 2.24) is 9.97 Å². The van der Waals surface area contributed by atoms with Crippen molar-refractivity contribution in [3.63, 3.8) is 0 Å². The molecule has 9 nitrogen and oxygen atoms in total. The van der Waals surface area contributed by atoms with Crippen LogP contribution in [0.25, 0.3) is 37.9 Å². The molecular weight excluding hydrogens is 663 g/mol. The second kappa shape index (κ2) is 15.2. The highest BCUT2D eigenvalue weighted by Gasteiger charge is 2.19. The maximum Gasteiger partial charge on any atom is 0.241 e. The zero-order chi connectivity index (χ0) is 35.5. The molecule has 1 atom stereocenters. The Labute approximate surface area is 300 Å². The summed E-state index contributed by atoms with van der Waals surface area (Å²) < 4.78 is 0. The van der Waals surface area contributed by atoms with Crippen molar-refractivity contribution in [2.75, 3.05) is 22.5 Å². The number of Topliss-reactive ketones (excluding diaryl/α,β-unsaturated/α-hetero) is 1. The van der Waals surface area contributed by atoms with Crippen LogP contribution in [0.1, 0.15) is 73.2 Å². The Hall–Kier alpha value is -4.42. The third-order valence-corrected chi connectivity index (χ3v) is 10.8. The number of carbonyl (C=O) groups is 2. The molecule has 4 aromatic carbocycles. The molecule has 260 valence electrons. The molecule has 0 aliphatic rings. The number of hydrogen-bond donors (Lipinski definition) is 5. The fourth-order valence-corrected chi connectivity index (χ4v) is 7.61. The van der Waals surface area contributed by atoms with Gasteiger partial charge in [0.25, 0.3) is 0 Å². The van der Waals surface area contributed by atoms with E-state index in [1.165, 1.54) is 11.3 Å². The number of aromatic nitrogens is 2. The summed E-state index contributed by atoms with van der Waals surface area (Å²) in [4.78, 5) is 35.0. The topological polar surface area (TPSA) is 148 Å². The number of rotatable bonds is 16. The molecule has 6 aromatic rings. The van der Waals surface area contributed by atoms with Crippen LogP contribution < -0.4 is 27.4 Å². The molecule has 0 aliphatic carbocycles. The summed E-state index contributed by atoms with van der Waals surface area (Å²) in [6, 6.07) is 14.1. The summed E-state index contributed by atoms with van der Waals surface area (Å²) in [7, 11) is 0. The Bertz CT molecular complexity index is 2040. The minimum atomic E-state index is -0.593. The molecule has 50 heavy (non-hydrogen) atoms. The van der Waals surface area contributed by atoms with Gasteiger partial charge in [0.05, 0.1) is 24.8 Å². The van der Waals surface area contributed by atoms with Crippen molar-refractivity contribution in [3.05, 3.63) is 81.2 Å². The van der Waals surface area contributed by atoms with Gasteiger partial charge in [0.2, 0.25) is 5.91 Å². The molecule has 0 saturated heterocycles.